The summed E-state index contributed by atoms with van der Waals surface area (Å²) in [6.07, 6.45) is -8.46. The van der Waals surface area contributed by atoms with Gasteiger partial charge in [-0.25, -0.2) is 0 Å². The summed E-state index contributed by atoms with van der Waals surface area (Å²) < 4.78 is 28.3. The molecule has 0 amide bonds. The van der Waals surface area contributed by atoms with Crippen LogP contribution in [-0.4, -0.2) is 98.8 Å². The fraction of sp³-hybridized carbons (Fsp3) is 1.00. The fourth-order valence-electron chi connectivity index (χ4n) is 4.19. The summed E-state index contributed by atoms with van der Waals surface area (Å²) in [5, 5.41) is 51.0. The molecule has 0 aromatic rings. The predicted octanol–water partition coefficient (Wildman–Crippen LogP) is -1.01. The van der Waals surface area contributed by atoms with Crippen LogP contribution in [0.15, 0.2) is 0 Å². The average molecular weight is 422 g/mol. The maximum Gasteiger partial charge on any atom is 0.161 e. The number of aliphatic hydroxyl groups is 5. The van der Waals surface area contributed by atoms with E-state index in [1.807, 2.05) is 0 Å². The van der Waals surface area contributed by atoms with E-state index in [0.29, 0.717) is 0 Å². The highest BCUT2D eigenvalue weighted by atomic mass is 16.7. The molecule has 0 aromatic carbocycles. The number of aliphatic hydroxyl groups excluding tert-OH is 4. The molecule has 0 spiro atoms. The van der Waals surface area contributed by atoms with Gasteiger partial charge in [-0.1, -0.05) is 0 Å². The first-order valence-corrected chi connectivity index (χ1v) is 10.2. The first kappa shape index (κ1) is 23.3. The largest absolute Gasteiger partial charge is 0.388 e. The maximum absolute atomic E-state index is 10.5. The molecule has 3 aliphatic rings. The van der Waals surface area contributed by atoms with Crippen molar-refractivity contribution in [2.24, 2.45) is 0 Å². The van der Waals surface area contributed by atoms with E-state index in [-0.39, 0.29) is 19.3 Å². The standard InChI is InChI=1S/C19H34O10/c1-8-16(21)11(5-13(20)25-8)28-14-6-12(17(22)9(2)26-14)29-15-7-19(4,24)18(23)10(3)27-15/h8-18,20-24H,5-7H2,1-4H3/t8-,9-,10-,11-,12-,13-,14+,15+,16-,17-,18-,19+/m1/s1. The van der Waals surface area contributed by atoms with E-state index in [0.717, 1.165) is 0 Å². The van der Waals surface area contributed by atoms with Crippen molar-refractivity contribution in [3.05, 3.63) is 0 Å². The zero-order valence-electron chi connectivity index (χ0n) is 17.2. The lowest BCUT2D eigenvalue weighted by atomic mass is 9.89. The van der Waals surface area contributed by atoms with Gasteiger partial charge in [-0.15, -0.1) is 0 Å². The number of hydrogen-bond donors (Lipinski definition) is 5. The first-order valence-electron chi connectivity index (χ1n) is 10.2. The van der Waals surface area contributed by atoms with E-state index in [9.17, 15) is 25.5 Å². The second-order valence-corrected chi connectivity index (χ2v) is 8.65. The Morgan fingerprint density at radius 2 is 1.28 bits per heavy atom. The highest BCUT2D eigenvalue weighted by Crippen LogP contribution is 2.33. The normalized spacial score (nSPS) is 54.3. The third kappa shape index (κ3) is 5.27. The van der Waals surface area contributed by atoms with Gasteiger partial charge in [0.2, 0.25) is 0 Å². The van der Waals surface area contributed by atoms with Crippen molar-refractivity contribution in [3.63, 3.8) is 0 Å². The minimum atomic E-state index is -1.38. The molecule has 5 N–H and O–H groups in total. The molecular formula is C19H34O10. The van der Waals surface area contributed by atoms with Crippen molar-refractivity contribution in [1.82, 2.24) is 0 Å². The molecule has 3 heterocycles. The van der Waals surface area contributed by atoms with E-state index >= 15 is 0 Å². The summed E-state index contributed by atoms with van der Waals surface area (Å²) in [6, 6.07) is 0. The number of ether oxygens (including phenoxy) is 5. The fourth-order valence-corrected chi connectivity index (χ4v) is 4.19. The average Bonchev–Trinajstić information content (AvgIpc) is 2.61. The first-order chi connectivity index (χ1) is 13.5. The minimum Gasteiger partial charge on any atom is -0.388 e. The Hall–Kier alpha value is -0.400. The van der Waals surface area contributed by atoms with Crippen LogP contribution in [0.1, 0.15) is 47.0 Å². The lowest BCUT2D eigenvalue weighted by Gasteiger charge is -2.45. The summed E-state index contributed by atoms with van der Waals surface area (Å²) >= 11 is 0. The van der Waals surface area contributed by atoms with Gasteiger partial charge in [-0.05, 0) is 27.7 Å². The summed E-state index contributed by atoms with van der Waals surface area (Å²) in [7, 11) is 0. The second-order valence-electron chi connectivity index (χ2n) is 8.65. The molecule has 0 aromatic heterocycles. The molecule has 12 atom stereocenters. The third-order valence-electron chi connectivity index (χ3n) is 6.00. The van der Waals surface area contributed by atoms with Crippen LogP contribution in [0.5, 0.6) is 0 Å². The molecule has 3 aliphatic heterocycles. The van der Waals surface area contributed by atoms with Gasteiger partial charge in [0.25, 0.3) is 0 Å². The smallest absolute Gasteiger partial charge is 0.161 e. The van der Waals surface area contributed by atoms with Gasteiger partial charge in [0.15, 0.2) is 18.9 Å². The van der Waals surface area contributed by atoms with Gasteiger partial charge < -0.3 is 49.2 Å². The van der Waals surface area contributed by atoms with Gasteiger partial charge in [-0.3, -0.25) is 0 Å². The SMILES string of the molecule is C[C@H]1O[C@@H](O[C@@H]2C[C@H](O)O[C@H](C)[C@H]2O)C[C@@H](O[C@H]2C[C@](C)(O)[C@H](O)[C@@H](C)O2)[C@@H]1O. The third-order valence-corrected chi connectivity index (χ3v) is 6.00. The van der Waals surface area contributed by atoms with E-state index < -0.39 is 73.3 Å². The van der Waals surface area contributed by atoms with Crippen molar-refractivity contribution in [1.29, 1.82) is 0 Å². The molecule has 3 saturated heterocycles. The molecule has 170 valence electrons. The molecule has 3 rings (SSSR count). The summed E-state index contributed by atoms with van der Waals surface area (Å²) in [6.45, 7) is 6.48. The van der Waals surface area contributed by atoms with Crippen LogP contribution in [0.2, 0.25) is 0 Å². The van der Waals surface area contributed by atoms with Crippen molar-refractivity contribution in [2.45, 2.75) is 120 Å². The Bertz CT molecular complexity index is 545. The topological polar surface area (TPSA) is 147 Å². The lowest BCUT2D eigenvalue weighted by molar-refractivity contribution is -0.331. The Kier molecular flexibility index (Phi) is 7.22. The van der Waals surface area contributed by atoms with Gasteiger partial charge in [0.1, 0.15) is 18.3 Å². The van der Waals surface area contributed by atoms with E-state index in [1.54, 1.807) is 20.8 Å². The van der Waals surface area contributed by atoms with Gasteiger partial charge in [0.05, 0.1) is 36.1 Å². The van der Waals surface area contributed by atoms with E-state index in [2.05, 4.69) is 0 Å². The monoisotopic (exact) mass is 422 g/mol. The summed E-state index contributed by atoms with van der Waals surface area (Å²) in [5.74, 6) is 0. The van der Waals surface area contributed by atoms with Crippen molar-refractivity contribution < 1.29 is 49.2 Å². The molecule has 10 heteroatoms. The number of hydrogen-bond acceptors (Lipinski definition) is 10. The van der Waals surface area contributed by atoms with Crippen LogP contribution < -0.4 is 0 Å². The minimum absolute atomic E-state index is 0.0465. The summed E-state index contributed by atoms with van der Waals surface area (Å²) in [5.41, 5.74) is -1.38. The molecule has 0 saturated carbocycles. The zero-order chi connectivity index (χ0) is 21.5. The molecule has 3 fully saturated rings. The number of rotatable bonds is 4. The highest BCUT2D eigenvalue weighted by molar-refractivity contribution is 4.92. The van der Waals surface area contributed by atoms with Gasteiger partial charge in [-0.2, -0.15) is 0 Å². The van der Waals surface area contributed by atoms with E-state index in [1.165, 1.54) is 6.92 Å². The Balaban J connectivity index is 1.62. The Labute approximate surface area is 170 Å². The zero-order valence-corrected chi connectivity index (χ0v) is 17.2. The molecule has 29 heavy (non-hydrogen) atoms. The van der Waals surface area contributed by atoms with Gasteiger partial charge >= 0.3 is 0 Å². The highest BCUT2D eigenvalue weighted by Gasteiger charge is 2.47. The van der Waals surface area contributed by atoms with Crippen molar-refractivity contribution >= 4 is 0 Å². The van der Waals surface area contributed by atoms with Crippen LogP contribution in [0.4, 0.5) is 0 Å². The van der Waals surface area contributed by atoms with Crippen molar-refractivity contribution in [2.75, 3.05) is 0 Å². The van der Waals surface area contributed by atoms with Crippen LogP contribution >= 0.6 is 0 Å². The molecule has 0 radical (unpaired) electrons. The molecule has 0 bridgehead atoms. The molecule has 0 unspecified atom stereocenters. The maximum atomic E-state index is 10.5. The lowest BCUT2D eigenvalue weighted by Crippen LogP contribution is -2.58. The quantitative estimate of drug-likeness (QED) is 0.382. The van der Waals surface area contributed by atoms with Crippen LogP contribution in [0.3, 0.4) is 0 Å². The molecular weight excluding hydrogens is 388 g/mol. The second kappa shape index (κ2) is 8.99. The van der Waals surface area contributed by atoms with Crippen LogP contribution in [0, 0.1) is 0 Å². The van der Waals surface area contributed by atoms with E-state index in [4.69, 9.17) is 23.7 Å². The van der Waals surface area contributed by atoms with Crippen LogP contribution in [-0.2, 0) is 23.7 Å². The molecule has 10 nitrogen and oxygen atoms in total. The molecule has 0 aliphatic carbocycles. The predicted molar refractivity (Wildman–Crippen MR) is 97.5 cm³/mol. The van der Waals surface area contributed by atoms with Gasteiger partial charge in [0, 0.05) is 19.3 Å². The Morgan fingerprint density at radius 1 is 0.759 bits per heavy atom. The van der Waals surface area contributed by atoms with Crippen LogP contribution in [0.25, 0.3) is 0 Å². The summed E-state index contributed by atoms with van der Waals surface area (Å²) in [4.78, 5) is 0. The Morgan fingerprint density at radius 3 is 1.90 bits per heavy atom. The van der Waals surface area contributed by atoms with Crippen molar-refractivity contribution in [3.8, 4) is 0 Å².